The van der Waals surface area contributed by atoms with Gasteiger partial charge in [0, 0.05) is 19.4 Å². The van der Waals surface area contributed by atoms with Gasteiger partial charge >= 0.3 is 11.9 Å². The minimum absolute atomic E-state index is 0.0530. The molecule has 0 saturated heterocycles. The first kappa shape index (κ1) is 27.9. The third-order valence-electron chi connectivity index (χ3n) is 4.97. The van der Waals surface area contributed by atoms with Gasteiger partial charge in [0.2, 0.25) is 0 Å². The number of carbonyl (C=O) groups is 2. The number of ether oxygens (including phenoxy) is 3. The Morgan fingerprint density at radius 2 is 0.966 bits per heavy atom. The molecule has 0 unspecified atom stereocenters. The zero-order valence-electron chi connectivity index (χ0n) is 19.2. The molecule has 0 rings (SSSR count). The Balaban J connectivity index is 3.24. The van der Waals surface area contributed by atoms with Gasteiger partial charge < -0.3 is 14.2 Å². The van der Waals surface area contributed by atoms with Crippen LogP contribution in [0.15, 0.2) is 0 Å². The van der Waals surface area contributed by atoms with Crippen molar-refractivity contribution in [1.29, 1.82) is 0 Å². The molecule has 0 fully saturated rings. The summed E-state index contributed by atoms with van der Waals surface area (Å²) >= 11 is 0. The first-order valence-electron chi connectivity index (χ1n) is 12.1. The third-order valence-corrected chi connectivity index (χ3v) is 4.97. The lowest BCUT2D eigenvalue weighted by atomic mass is 10.1. The van der Waals surface area contributed by atoms with E-state index in [0.29, 0.717) is 39.3 Å². The van der Waals surface area contributed by atoms with E-state index in [1.807, 2.05) is 6.92 Å². The van der Waals surface area contributed by atoms with Crippen molar-refractivity contribution in [3.05, 3.63) is 0 Å². The van der Waals surface area contributed by atoms with Crippen molar-refractivity contribution in [2.24, 2.45) is 0 Å². The van der Waals surface area contributed by atoms with Crippen LogP contribution in [-0.2, 0) is 23.8 Å². The second kappa shape index (κ2) is 23.2. The topological polar surface area (TPSA) is 61.8 Å². The molecule has 0 saturated carbocycles. The number of hydrogen-bond donors (Lipinski definition) is 0. The average molecular weight is 415 g/mol. The molecule has 0 heterocycles. The van der Waals surface area contributed by atoms with Gasteiger partial charge in [0.15, 0.2) is 0 Å². The molecule has 0 aliphatic rings. The molecule has 0 aromatic heterocycles. The van der Waals surface area contributed by atoms with Gasteiger partial charge in [0.1, 0.15) is 6.61 Å². The summed E-state index contributed by atoms with van der Waals surface area (Å²) in [4.78, 5) is 23.2. The molecular formula is C24H46O5. The fourth-order valence-electron chi connectivity index (χ4n) is 3.17. The van der Waals surface area contributed by atoms with Gasteiger partial charge in [-0.3, -0.25) is 9.59 Å². The summed E-state index contributed by atoms with van der Waals surface area (Å²) in [7, 11) is 0. The van der Waals surface area contributed by atoms with Gasteiger partial charge in [-0.25, -0.2) is 0 Å². The van der Waals surface area contributed by atoms with Crippen molar-refractivity contribution in [2.75, 3.05) is 26.4 Å². The lowest BCUT2D eigenvalue weighted by molar-refractivity contribution is -0.145. The number of unbranched alkanes of at least 4 members (excludes halogenated alkanes) is 12. The number of esters is 2. The second-order valence-corrected chi connectivity index (χ2v) is 7.73. The lowest BCUT2D eigenvalue weighted by Gasteiger charge is -2.06. The van der Waals surface area contributed by atoms with Crippen molar-refractivity contribution < 1.29 is 23.8 Å². The Hall–Kier alpha value is -1.10. The summed E-state index contributed by atoms with van der Waals surface area (Å²) in [5, 5.41) is 0. The maximum Gasteiger partial charge on any atom is 0.305 e. The molecular weight excluding hydrogens is 368 g/mol. The molecule has 0 radical (unpaired) electrons. The Labute approximate surface area is 179 Å². The van der Waals surface area contributed by atoms with Crippen LogP contribution in [-0.4, -0.2) is 38.4 Å². The zero-order chi connectivity index (χ0) is 21.4. The number of carbonyl (C=O) groups excluding carboxylic acids is 2. The summed E-state index contributed by atoms with van der Waals surface area (Å²) in [5.74, 6) is -0.188. The molecule has 29 heavy (non-hydrogen) atoms. The van der Waals surface area contributed by atoms with Gasteiger partial charge in [0.25, 0.3) is 0 Å². The van der Waals surface area contributed by atoms with Crippen molar-refractivity contribution in [2.45, 2.75) is 117 Å². The molecule has 0 spiro atoms. The van der Waals surface area contributed by atoms with Crippen LogP contribution in [0.3, 0.4) is 0 Å². The van der Waals surface area contributed by atoms with Crippen LogP contribution in [0.1, 0.15) is 117 Å². The number of rotatable bonds is 22. The van der Waals surface area contributed by atoms with Crippen LogP contribution >= 0.6 is 0 Å². The molecule has 5 nitrogen and oxygen atoms in total. The summed E-state index contributed by atoms with van der Waals surface area (Å²) in [6, 6.07) is 0. The third kappa shape index (κ3) is 23.0. The van der Waals surface area contributed by atoms with Crippen molar-refractivity contribution >= 4 is 11.9 Å². The number of hydrogen-bond acceptors (Lipinski definition) is 5. The normalized spacial score (nSPS) is 10.8. The predicted molar refractivity (Wildman–Crippen MR) is 118 cm³/mol. The van der Waals surface area contributed by atoms with Crippen LogP contribution < -0.4 is 0 Å². The first-order valence-corrected chi connectivity index (χ1v) is 12.1. The van der Waals surface area contributed by atoms with E-state index in [2.05, 4.69) is 6.92 Å². The second-order valence-electron chi connectivity index (χ2n) is 7.73. The van der Waals surface area contributed by atoms with E-state index in [9.17, 15) is 9.59 Å². The highest BCUT2D eigenvalue weighted by atomic mass is 16.6. The fraction of sp³-hybridized carbons (Fsp3) is 0.917. The quantitative estimate of drug-likeness (QED) is 0.152. The highest BCUT2D eigenvalue weighted by Crippen LogP contribution is 2.11. The fourth-order valence-corrected chi connectivity index (χ4v) is 3.17. The van der Waals surface area contributed by atoms with Crippen LogP contribution in [0, 0.1) is 0 Å². The van der Waals surface area contributed by atoms with Crippen LogP contribution in [0.4, 0.5) is 0 Å². The molecule has 0 aliphatic heterocycles. The molecule has 0 bridgehead atoms. The smallest absolute Gasteiger partial charge is 0.305 e. The highest BCUT2D eigenvalue weighted by molar-refractivity contribution is 5.69. The minimum atomic E-state index is -0.135. The Morgan fingerprint density at radius 1 is 0.517 bits per heavy atom. The van der Waals surface area contributed by atoms with Crippen molar-refractivity contribution in [1.82, 2.24) is 0 Å². The van der Waals surface area contributed by atoms with E-state index < -0.39 is 0 Å². The van der Waals surface area contributed by atoms with E-state index in [1.165, 1.54) is 44.9 Å². The van der Waals surface area contributed by atoms with E-state index in [0.717, 1.165) is 44.9 Å². The summed E-state index contributed by atoms with van der Waals surface area (Å²) in [5.41, 5.74) is 0. The summed E-state index contributed by atoms with van der Waals surface area (Å²) in [6.45, 7) is 6.21. The Morgan fingerprint density at radius 3 is 1.48 bits per heavy atom. The van der Waals surface area contributed by atoms with Gasteiger partial charge in [-0.15, -0.1) is 0 Å². The van der Waals surface area contributed by atoms with E-state index in [-0.39, 0.29) is 11.9 Å². The van der Waals surface area contributed by atoms with Gasteiger partial charge in [0.05, 0.1) is 13.2 Å². The van der Waals surface area contributed by atoms with Crippen molar-refractivity contribution in [3.8, 4) is 0 Å². The summed E-state index contributed by atoms with van der Waals surface area (Å²) in [6.07, 6.45) is 17.1. The molecule has 0 aromatic rings. The SMILES string of the molecule is CCCCCCCCCCOC(=O)CCCCCCCCC(=O)OCCOCC. The van der Waals surface area contributed by atoms with Gasteiger partial charge in [-0.05, 0) is 26.2 Å². The zero-order valence-corrected chi connectivity index (χ0v) is 19.2. The van der Waals surface area contributed by atoms with Gasteiger partial charge in [-0.2, -0.15) is 0 Å². The van der Waals surface area contributed by atoms with E-state index >= 15 is 0 Å². The molecule has 5 heteroatoms. The van der Waals surface area contributed by atoms with Crippen LogP contribution in [0.25, 0.3) is 0 Å². The monoisotopic (exact) mass is 414 g/mol. The standard InChI is InChI=1S/C24H46O5/c1-3-5-6-7-8-11-14-17-20-28-23(25)18-15-12-9-10-13-16-19-24(26)29-22-21-27-4-2/h3-22H2,1-2H3. The van der Waals surface area contributed by atoms with Gasteiger partial charge in [-0.1, -0.05) is 77.6 Å². The molecule has 0 amide bonds. The molecule has 0 N–H and O–H groups in total. The lowest BCUT2D eigenvalue weighted by Crippen LogP contribution is -2.10. The van der Waals surface area contributed by atoms with Crippen molar-refractivity contribution in [3.63, 3.8) is 0 Å². The Bertz CT molecular complexity index is 370. The van der Waals surface area contributed by atoms with E-state index in [4.69, 9.17) is 14.2 Å². The highest BCUT2D eigenvalue weighted by Gasteiger charge is 2.04. The largest absolute Gasteiger partial charge is 0.466 e. The maximum atomic E-state index is 11.7. The van der Waals surface area contributed by atoms with Crippen LogP contribution in [0.5, 0.6) is 0 Å². The average Bonchev–Trinajstić information content (AvgIpc) is 2.72. The first-order chi connectivity index (χ1) is 14.2. The Kier molecular flexibility index (Phi) is 22.3. The predicted octanol–water partition coefficient (Wildman–Crippen LogP) is 6.37. The van der Waals surface area contributed by atoms with E-state index in [1.54, 1.807) is 0 Å². The molecule has 0 aromatic carbocycles. The molecule has 0 atom stereocenters. The van der Waals surface area contributed by atoms with Crippen LogP contribution in [0.2, 0.25) is 0 Å². The maximum absolute atomic E-state index is 11.7. The minimum Gasteiger partial charge on any atom is -0.466 e. The molecule has 172 valence electrons. The molecule has 0 aliphatic carbocycles. The summed E-state index contributed by atoms with van der Waals surface area (Å²) < 4.78 is 15.5.